The van der Waals surface area contributed by atoms with E-state index >= 15 is 0 Å². The van der Waals surface area contributed by atoms with E-state index in [0.717, 1.165) is 45.7 Å². The fourth-order valence-corrected chi connectivity index (χ4v) is 4.64. The molecule has 2 aromatic carbocycles. The van der Waals surface area contributed by atoms with Gasteiger partial charge in [-0.25, -0.2) is 0 Å². The summed E-state index contributed by atoms with van der Waals surface area (Å²) >= 11 is 0.967. The minimum absolute atomic E-state index is 0.209. The van der Waals surface area contributed by atoms with E-state index < -0.39 is 0 Å². The fourth-order valence-electron chi connectivity index (χ4n) is 3.79. The van der Waals surface area contributed by atoms with Gasteiger partial charge in [-0.05, 0) is 86.6 Å². The zero-order valence-corrected chi connectivity index (χ0v) is 19.9. The maximum absolute atomic E-state index is 12.9. The molecule has 7 heteroatoms. The summed E-state index contributed by atoms with van der Waals surface area (Å²) in [7, 11) is 1.64. The van der Waals surface area contributed by atoms with E-state index in [2.05, 4.69) is 4.57 Å². The minimum atomic E-state index is -0.285. The van der Waals surface area contributed by atoms with Crippen LogP contribution in [-0.2, 0) is 4.79 Å². The van der Waals surface area contributed by atoms with Crippen molar-refractivity contribution in [1.29, 1.82) is 0 Å². The second kappa shape index (κ2) is 9.58. The summed E-state index contributed by atoms with van der Waals surface area (Å²) in [5, 5.41) is -0.275. The van der Waals surface area contributed by atoms with E-state index in [4.69, 9.17) is 9.47 Å². The van der Waals surface area contributed by atoms with Crippen LogP contribution in [0.2, 0.25) is 0 Å². The van der Waals surface area contributed by atoms with E-state index in [1.807, 2.05) is 75.4 Å². The van der Waals surface area contributed by atoms with E-state index in [0.29, 0.717) is 10.7 Å². The number of aromatic nitrogens is 1. The molecule has 0 unspecified atom stereocenters. The number of ether oxygens (including phenoxy) is 2. The number of benzene rings is 2. The largest absolute Gasteiger partial charge is 0.497 e. The van der Waals surface area contributed by atoms with Crippen LogP contribution in [0.1, 0.15) is 22.5 Å². The number of thioether (sulfide) groups is 1. The smallest absolute Gasteiger partial charge is 0.293 e. The zero-order valence-electron chi connectivity index (χ0n) is 19.1. The van der Waals surface area contributed by atoms with Crippen LogP contribution in [0, 0.1) is 20.8 Å². The molecule has 2 heterocycles. The number of hydrogen-bond acceptors (Lipinski definition) is 5. The summed E-state index contributed by atoms with van der Waals surface area (Å²) in [6.45, 7) is 6.48. The highest BCUT2D eigenvalue weighted by atomic mass is 32.2. The third-order valence-corrected chi connectivity index (χ3v) is 6.47. The SMILES string of the molecule is COc1ccc(-n2c(C)cc(/C=C3\SC(=O)N(CCOc4ccc(C)cc4)C3=O)c2C)cc1. The van der Waals surface area contributed by atoms with Crippen LogP contribution in [-0.4, -0.2) is 40.9 Å². The summed E-state index contributed by atoms with van der Waals surface area (Å²) in [5.74, 6) is 1.22. The number of carbonyl (C=O) groups excluding carboxylic acids is 2. The summed E-state index contributed by atoms with van der Waals surface area (Å²) in [6.07, 6.45) is 1.80. The van der Waals surface area contributed by atoms with E-state index in [1.165, 1.54) is 4.90 Å². The highest BCUT2D eigenvalue weighted by Crippen LogP contribution is 2.33. The van der Waals surface area contributed by atoms with Crippen molar-refractivity contribution in [3.63, 3.8) is 0 Å². The van der Waals surface area contributed by atoms with Gasteiger partial charge in [0.25, 0.3) is 11.1 Å². The van der Waals surface area contributed by atoms with Gasteiger partial charge in [0.15, 0.2) is 0 Å². The van der Waals surface area contributed by atoms with Crippen LogP contribution < -0.4 is 9.47 Å². The molecule has 2 amide bonds. The Balaban J connectivity index is 1.48. The van der Waals surface area contributed by atoms with Crippen LogP contribution in [0.25, 0.3) is 11.8 Å². The molecule has 33 heavy (non-hydrogen) atoms. The molecule has 0 aliphatic carbocycles. The molecule has 1 aliphatic rings. The molecule has 3 aromatic rings. The number of imide groups is 1. The Labute approximate surface area is 197 Å². The third-order valence-electron chi connectivity index (χ3n) is 5.57. The lowest BCUT2D eigenvalue weighted by molar-refractivity contribution is -0.123. The molecule has 1 aromatic heterocycles. The lowest BCUT2D eigenvalue weighted by atomic mass is 10.2. The Morgan fingerprint density at radius 2 is 1.61 bits per heavy atom. The van der Waals surface area contributed by atoms with Crippen LogP contribution >= 0.6 is 11.8 Å². The highest BCUT2D eigenvalue weighted by Gasteiger charge is 2.35. The van der Waals surface area contributed by atoms with Gasteiger partial charge in [-0.15, -0.1) is 0 Å². The van der Waals surface area contributed by atoms with Gasteiger partial charge in [0.2, 0.25) is 0 Å². The molecule has 1 fully saturated rings. The average Bonchev–Trinajstić information content (AvgIpc) is 3.24. The fraction of sp³-hybridized carbons (Fsp3) is 0.231. The Morgan fingerprint density at radius 3 is 2.27 bits per heavy atom. The number of hydrogen-bond donors (Lipinski definition) is 0. The van der Waals surface area contributed by atoms with Crippen LogP contribution in [0.5, 0.6) is 11.5 Å². The standard InChI is InChI=1S/C26H26N2O4S/c1-17-5-9-23(10-6-17)32-14-13-27-25(29)24(33-26(27)30)16-20-15-18(2)28(19(20)3)21-7-11-22(31-4)12-8-21/h5-12,15-16H,13-14H2,1-4H3/b24-16-. The zero-order chi connectivity index (χ0) is 23.5. The molecule has 1 aliphatic heterocycles. The Morgan fingerprint density at radius 1 is 0.939 bits per heavy atom. The first-order chi connectivity index (χ1) is 15.9. The van der Waals surface area contributed by atoms with E-state index in [9.17, 15) is 9.59 Å². The Kier molecular flexibility index (Phi) is 6.60. The lowest BCUT2D eigenvalue weighted by Crippen LogP contribution is -2.32. The minimum Gasteiger partial charge on any atom is -0.497 e. The number of carbonyl (C=O) groups is 2. The van der Waals surface area contributed by atoms with Crippen molar-refractivity contribution in [1.82, 2.24) is 9.47 Å². The van der Waals surface area contributed by atoms with Gasteiger partial charge < -0.3 is 14.0 Å². The molecule has 0 spiro atoms. The van der Waals surface area contributed by atoms with E-state index in [-0.39, 0.29) is 24.3 Å². The number of rotatable bonds is 7. The number of amides is 2. The van der Waals surface area contributed by atoms with Crippen molar-refractivity contribution in [3.8, 4) is 17.2 Å². The molecular formula is C26H26N2O4S. The number of aryl methyl sites for hydroxylation is 2. The lowest BCUT2D eigenvalue weighted by Gasteiger charge is -2.13. The van der Waals surface area contributed by atoms with Gasteiger partial charge >= 0.3 is 0 Å². The molecule has 0 N–H and O–H groups in total. The summed E-state index contributed by atoms with van der Waals surface area (Å²) in [4.78, 5) is 27.0. The first kappa shape index (κ1) is 22.7. The molecule has 6 nitrogen and oxygen atoms in total. The average molecular weight is 463 g/mol. The molecule has 0 saturated carbocycles. The van der Waals surface area contributed by atoms with E-state index in [1.54, 1.807) is 13.2 Å². The molecule has 170 valence electrons. The molecule has 0 bridgehead atoms. The topological polar surface area (TPSA) is 60.8 Å². The normalized spacial score (nSPS) is 14.9. The first-order valence-corrected chi connectivity index (χ1v) is 11.5. The quantitative estimate of drug-likeness (QED) is 0.432. The molecule has 0 radical (unpaired) electrons. The predicted molar refractivity (Wildman–Crippen MR) is 131 cm³/mol. The van der Waals surface area contributed by atoms with Gasteiger partial charge in [0.1, 0.15) is 18.1 Å². The molecule has 1 saturated heterocycles. The van der Waals surface area contributed by atoms with Gasteiger partial charge in [-0.3, -0.25) is 14.5 Å². The van der Waals surface area contributed by atoms with Gasteiger partial charge in [0, 0.05) is 17.1 Å². The van der Waals surface area contributed by atoms with Gasteiger partial charge in [-0.1, -0.05) is 17.7 Å². The number of nitrogens with zero attached hydrogens (tertiary/aromatic N) is 2. The Bertz CT molecular complexity index is 1210. The Hall–Kier alpha value is -3.45. The summed E-state index contributed by atoms with van der Waals surface area (Å²) < 4.78 is 13.1. The predicted octanol–water partition coefficient (Wildman–Crippen LogP) is 5.53. The maximum Gasteiger partial charge on any atom is 0.293 e. The first-order valence-electron chi connectivity index (χ1n) is 10.7. The third kappa shape index (κ3) is 4.83. The molecular weight excluding hydrogens is 436 g/mol. The van der Waals surface area contributed by atoms with Gasteiger partial charge in [-0.2, -0.15) is 0 Å². The molecule has 0 atom stereocenters. The van der Waals surface area contributed by atoms with Crippen molar-refractivity contribution in [2.24, 2.45) is 0 Å². The second-order valence-electron chi connectivity index (χ2n) is 7.85. The molecule has 4 rings (SSSR count). The van der Waals surface area contributed by atoms with Crippen molar-refractivity contribution >= 4 is 29.0 Å². The number of methoxy groups -OCH3 is 1. The van der Waals surface area contributed by atoms with Crippen molar-refractivity contribution in [2.75, 3.05) is 20.3 Å². The van der Waals surface area contributed by atoms with Crippen molar-refractivity contribution in [2.45, 2.75) is 20.8 Å². The summed E-state index contributed by atoms with van der Waals surface area (Å²) in [5.41, 5.74) is 5.09. The van der Waals surface area contributed by atoms with Crippen LogP contribution in [0.15, 0.2) is 59.5 Å². The maximum atomic E-state index is 12.9. The monoisotopic (exact) mass is 462 g/mol. The highest BCUT2D eigenvalue weighted by molar-refractivity contribution is 8.18. The van der Waals surface area contributed by atoms with Crippen LogP contribution in [0.3, 0.4) is 0 Å². The van der Waals surface area contributed by atoms with Gasteiger partial charge in [0.05, 0.1) is 18.6 Å². The van der Waals surface area contributed by atoms with Crippen molar-refractivity contribution in [3.05, 3.63) is 82.0 Å². The van der Waals surface area contributed by atoms with Crippen LogP contribution in [0.4, 0.5) is 4.79 Å². The second-order valence-corrected chi connectivity index (χ2v) is 8.85. The summed E-state index contributed by atoms with van der Waals surface area (Å²) in [6, 6.07) is 17.5. The van der Waals surface area contributed by atoms with Crippen molar-refractivity contribution < 1.29 is 19.1 Å².